The first-order valence-corrected chi connectivity index (χ1v) is 8.17. The van der Waals surface area contributed by atoms with E-state index in [1.807, 2.05) is 0 Å². The number of nitrogens with zero attached hydrogens (tertiary/aromatic N) is 3. The molecule has 4 fully saturated rings. The van der Waals surface area contributed by atoms with Gasteiger partial charge >= 0.3 is 0 Å². The molecule has 0 aromatic heterocycles. The maximum Gasteiger partial charge on any atom is 0.0673 e. The lowest BCUT2D eigenvalue weighted by atomic mass is 9.78. The minimum atomic E-state index is 0.660. The van der Waals surface area contributed by atoms with E-state index in [1.54, 1.807) is 0 Å². The molecule has 5 unspecified atom stereocenters. The topological polar surface area (TPSA) is 9.72 Å². The summed E-state index contributed by atoms with van der Waals surface area (Å²) in [5.74, 6) is 3.08. The second-order valence-electron chi connectivity index (χ2n) is 7.94. The third kappa shape index (κ3) is 1.97. The van der Waals surface area contributed by atoms with Gasteiger partial charge in [-0.05, 0) is 17.8 Å². The molecule has 4 aliphatic rings. The Morgan fingerprint density at radius 3 is 1.58 bits per heavy atom. The van der Waals surface area contributed by atoms with Crippen LogP contribution in [-0.2, 0) is 0 Å². The Hall–Kier alpha value is -0.120. The van der Waals surface area contributed by atoms with Crippen molar-refractivity contribution in [3.8, 4) is 0 Å². The molecule has 4 rings (SSSR count). The van der Waals surface area contributed by atoms with Crippen LogP contribution in [-0.4, -0.2) is 52.8 Å². The van der Waals surface area contributed by atoms with Gasteiger partial charge in [0.1, 0.15) is 0 Å². The monoisotopic (exact) mass is 265 g/mol. The Bertz CT molecular complexity index is 281. The molecule has 4 heterocycles. The second kappa shape index (κ2) is 4.71. The molecule has 0 aromatic carbocycles. The highest BCUT2D eigenvalue weighted by Gasteiger charge is 2.56. The van der Waals surface area contributed by atoms with Gasteiger partial charge in [-0.3, -0.25) is 14.7 Å². The van der Waals surface area contributed by atoms with Gasteiger partial charge in [0.15, 0.2) is 0 Å². The smallest absolute Gasteiger partial charge is 0.0673 e. The van der Waals surface area contributed by atoms with E-state index < -0.39 is 0 Å². The molecule has 4 bridgehead atoms. The fourth-order valence-corrected chi connectivity index (χ4v) is 5.16. The molecule has 0 aliphatic carbocycles. The summed E-state index contributed by atoms with van der Waals surface area (Å²) in [6.07, 6.45) is 1.32. The van der Waals surface area contributed by atoms with Crippen molar-refractivity contribution < 1.29 is 0 Å². The van der Waals surface area contributed by atoms with Crippen LogP contribution < -0.4 is 0 Å². The van der Waals surface area contributed by atoms with E-state index in [2.05, 4.69) is 56.2 Å². The summed E-state index contributed by atoms with van der Waals surface area (Å²) >= 11 is 0. The average Bonchev–Trinajstić information content (AvgIpc) is 2.26. The van der Waals surface area contributed by atoms with E-state index in [0.29, 0.717) is 12.3 Å². The van der Waals surface area contributed by atoms with Gasteiger partial charge in [-0.2, -0.15) is 0 Å². The quantitative estimate of drug-likeness (QED) is 0.776. The van der Waals surface area contributed by atoms with E-state index in [-0.39, 0.29) is 0 Å². The minimum absolute atomic E-state index is 0.660. The molecule has 110 valence electrons. The van der Waals surface area contributed by atoms with Crippen molar-refractivity contribution in [2.24, 2.45) is 23.7 Å². The number of rotatable bonds is 3. The molecule has 0 N–H and O–H groups in total. The zero-order chi connectivity index (χ0) is 13.9. The van der Waals surface area contributed by atoms with E-state index in [1.165, 1.54) is 19.8 Å². The normalized spacial score (nSPS) is 48.8. The van der Waals surface area contributed by atoms with Gasteiger partial charge in [0.05, 0.1) is 19.0 Å². The summed E-state index contributed by atoms with van der Waals surface area (Å²) in [7, 11) is 0. The minimum Gasteiger partial charge on any atom is -0.274 e. The van der Waals surface area contributed by atoms with Crippen molar-refractivity contribution in [3.05, 3.63) is 0 Å². The largest absolute Gasteiger partial charge is 0.274 e. The first kappa shape index (κ1) is 13.8. The Morgan fingerprint density at radius 2 is 1.21 bits per heavy atom. The Morgan fingerprint density at radius 1 is 0.737 bits per heavy atom. The fourth-order valence-electron chi connectivity index (χ4n) is 5.16. The van der Waals surface area contributed by atoms with Crippen LogP contribution in [0.25, 0.3) is 0 Å². The predicted octanol–water partition coefficient (Wildman–Crippen LogP) is 2.50. The van der Waals surface area contributed by atoms with Crippen LogP contribution in [0.1, 0.15) is 41.5 Å². The van der Waals surface area contributed by atoms with Gasteiger partial charge in [0.25, 0.3) is 0 Å². The summed E-state index contributed by atoms with van der Waals surface area (Å²) < 4.78 is 0. The van der Waals surface area contributed by atoms with Crippen molar-refractivity contribution >= 4 is 0 Å². The van der Waals surface area contributed by atoms with Crippen molar-refractivity contribution in [2.75, 3.05) is 19.8 Å². The standard InChI is InChI=1S/C16H31N3/c1-10(2)14-13-7-17-9-18(8-13)16(12(5)6)19(14)15(17)11(3)4/h10-16H,7-9H2,1-6H3. The second-order valence-corrected chi connectivity index (χ2v) is 7.94. The van der Waals surface area contributed by atoms with Gasteiger partial charge in [-0.25, -0.2) is 0 Å². The molecular weight excluding hydrogens is 234 g/mol. The number of hydrogen-bond donors (Lipinski definition) is 0. The Balaban J connectivity index is 1.99. The summed E-state index contributed by atoms with van der Waals surface area (Å²) in [5.41, 5.74) is 0. The van der Waals surface area contributed by atoms with E-state index in [4.69, 9.17) is 0 Å². The molecule has 4 aliphatic heterocycles. The molecule has 3 nitrogen and oxygen atoms in total. The highest BCUT2D eigenvalue weighted by Crippen LogP contribution is 2.44. The lowest BCUT2D eigenvalue weighted by molar-refractivity contribution is -0.266. The first-order valence-electron chi connectivity index (χ1n) is 8.17. The molecule has 0 spiro atoms. The van der Waals surface area contributed by atoms with Crippen molar-refractivity contribution in [1.29, 1.82) is 0 Å². The SMILES string of the molecule is CC(C)C1C2CN3CN(C2)C(C(C)C)N1C3C(C)C. The molecular formula is C16H31N3. The zero-order valence-electron chi connectivity index (χ0n) is 13.5. The maximum absolute atomic E-state index is 2.89. The predicted molar refractivity (Wildman–Crippen MR) is 79.5 cm³/mol. The van der Waals surface area contributed by atoms with Gasteiger partial charge in [0.2, 0.25) is 0 Å². The molecule has 5 atom stereocenters. The van der Waals surface area contributed by atoms with Crippen LogP contribution in [0.2, 0.25) is 0 Å². The van der Waals surface area contributed by atoms with Gasteiger partial charge in [0, 0.05) is 25.0 Å². The fraction of sp³-hybridized carbons (Fsp3) is 1.00. The van der Waals surface area contributed by atoms with E-state index >= 15 is 0 Å². The molecule has 0 saturated carbocycles. The van der Waals surface area contributed by atoms with Crippen LogP contribution in [0.3, 0.4) is 0 Å². The maximum atomic E-state index is 2.89. The lowest BCUT2D eigenvalue weighted by Crippen LogP contribution is -2.81. The average molecular weight is 265 g/mol. The van der Waals surface area contributed by atoms with Crippen molar-refractivity contribution in [2.45, 2.75) is 59.9 Å². The number of hydrogen-bond acceptors (Lipinski definition) is 3. The van der Waals surface area contributed by atoms with E-state index in [0.717, 1.165) is 29.7 Å². The van der Waals surface area contributed by atoms with Crippen molar-refractivity contribution in [3.63, 3.8) is 0 Å². The molecule has 4 saturated heterocycles. The first-order chi connectivity index (χ1) is 8.91. The van der Waals surface area contributed by atoms with Crippen LogP contribution in [0.4, 0.5) is 0 Å². The van der Waals surface area contributed by atoms with Crippen molar-refractivity contribution in [1.82, 2.24) is 14.7 Å². The molecule has 0 aromatic rings. The summed E-state index contributed by atoms with van der Waals surface area (Å²) in [6, 6.07) is 0.785. The van der Waals surface area contributed by atoms with Crippen LogP contribution in [0.5, 0.6) is 0 Å². The van der Waals surface area contributed by atoms with Gasteiger partial charge < -0.3 is 0 Å². The molecule has 0 amide bonds. The summed E-state index contributed by atoms with van der Waals surface area (Å²) in [5, 5.41) is 0. The third-order valence-corrected chi connectivity index (χ3v) is 5.36. The van der Waals surface area contributed by atoms with Gasteiger partial charge in [-0.15, -0.1) is 0 Å². The third-order valence-electron chi connectivity index (χ3n) is 5.36. The van der Waals surface area contributed by atoms with Crippen LogP contribution >= 0.6 is 0 Å². The summed E-state index contributed by atoms with van der Waals surface area (Å²) in [6.45, 7) is 18.3. The lowest BCUT2D eigenvalue weighted by Gasteiger charge is -2.69. The molecule has 19 heavy (non-hydrogen) atoms. The highest BCUT2D eigenvalue weighted by atomic mass is 15.6. The van der Waals surface area contributed by atoms with Crippen LogP contribution in [0, 0.1) is 23.7 Å². The zero-order valence-corrected chi connectivity index (χ0v) is 13.5. The summed E-state index contributed by atoms with van der Waals surface area (Å²) in [4.78, 5) is 8.36. The Kier molecular flexibility index (Phi) is 3.43. The van der Waals surface area contributed by atoms with Crippen LogP contribution in [0.15, 0.2) is 0 Å². The highest BCUT2D eigenvalue weighted by molar-refractivity contribution is 5.05. The molecule has 0 radical (unpaired) electrons. The Labute approximate surface area is 118 Å². The van der Waals surface area contributed by atoms with E-state index in [9.17, 15) is 0 Å². The van der Waals surface area contributed by atoms with Gasteiger partial charge in [-0.1, -0.05) is 41.5 Å². The molecule has 3 heteroatoms.